The molecule has 5 nitrogen and oxygen atoms in total. The fourth-order valence-electron chi connectivity index (χ4n) is 2.24. The van der Waals surface area contributed by atoms with Crippen LogP contribution in [-0.2, 0) is 12.8 Å². The zero-order valence-electron chi connectivity index (χ0n) is 15.5. The van der Waals surface area contributed by atoms with Gasteiger partial charge in [-0.1, -0.05) is 32.0 Å². The maximum atomic E-state index is 5.89. The molecule has 142 valence electrons. The summed E-state index contributed by atoms with van der Waals surface area (Å²) < 4.78 is 5.69. The third kappa shape index (κ3) is 9.03. The molecule has 1 aromatic carbocycles. The second kappa shape index (κ2) is 12.5. The third-order valence-electron chi connectivity index (χ3n) is 3.60. The number of nitrogens with two attached hydrogens (primary N) is 1. The van der Waals surface area contributed by atoms with Crippen molar-refractivity contribution < 1.29 is 4.74 Å². The Morgan fingerprint density at radius 1 is 1.15 bits per heavy atom. The number of rotatable bonds is 9. The van der Waals surface area contributed by atoms with Crippen molar-refractivity contribution in [1.29, 1.82) is 0 Å². The van der Waals surface area contributed by atoms with Gasteiger partial charge >= 0.3 is 0 Å². The number of benzene rings is 1. The molecule has 26 heavy (non-hydrogen) atoms. The average Bonchev–Trinajstić information content (AvgIpc) is 2.62. The molecule has 3 N–H and O–H groups in total. The molecule has 1 heterocycles. The highest BCUT2D eigenvalue weighted by Crippen LogP contribution is 2.13. The van der Waals surface area contributed by atoms with Gasteiger partial charge in [-0.2, -0.15) is 0 Å². The number of hydrogen-bond donors (Lipinski definition) is 2. The summed E-state index contributed by atoms with van der Waals surface area (Å²) in [4.78, 5) is 8.60. The summed E-state index contributed by atoms with van der Waals surface area (Å²) in [6, 6.07) is 14.1. The standard InChI is InChI=1S/C20H28N4O.HI/c1-16(2)15-25-19-8-6-17(7-9-19)10-13-23-20(21)24-14-11-18-5-3-4-12-22-18;/h3-9,12,16H,10-11,13-15H2,1-2H3,(H3,21,23,24);1H. The fraction of sp³-hybridized carbons (Fsp3) is 0.400. The Balaban J connectivity index is 0.00000338. The van der Waals surface area contributed by atoms with Crippen molar-refractivity contribution in [3.63, 3.8) is 0 Å². The van der Waals surface area contributed by atoms with Crippen LogP contribution in [0.2, 0.25) is 0 Å². The van der Waals surface area contributed by atoms with Gasteiger partial charge in [0.25, 0.3) is 0 Å². The van der Waals surface area contributed by atoms with Gasteiger partial charge in [0.1, 0.15) is 5.75 Å². The molecular formula is C20H29IN4O. The van der Waals surface area contributed by atoms with Crippen LogP contribution in [0.15, 0.2) is 53.7 Å². The van der Waals surface area contributed by atoms with E-state index in [-0.39, 0.29) is 24.0 Å². The van der Waals surface area contributed by atoms with E-state index in [1.54, 1.807) is 6.20 Å². The summed E-state index contributed by atoms with van der Waals surface area (Å²) in [5.41, 5.74) is 8.16. The molecule has 0 aliphatic carbocycles. The molecule has 0 amide bonds. The molecule has 0 atom stereocenters. The topological polar surface area (TPSA) is 72.5 Å². The van der Waals surface area contributed by atoms with E-state index in [1.807, 2.05) is 30.3 Å². The summed E-state index contributed by atoms with van der Waals surface area (Å²) in [5.74, 6) is 1.93. The second-order valence-corrected chi connectivity index (χ2v) is 6.36. The van der Waals surface area contributed by atoms with Gasteiger partial charge in [-0.3, -0.25) is 9.98 Å². The normalized spacial score (nSPS) is 11.1. The first-order valence-electron chi connectivity index (χ1n) is 8.79. The van der Waals surface area contributed by atoms with Crippen molar-refractivity contribution in [1.82, 2.24) is 10.3 Å². The summed E-state index contributed by atoms with van der Waals surface area (Å²) in [5, 5.41) is 3.15. The van der Waals surface area contributed by atoms with Gasteiger partial charge in [0.05, 0.1) is 6.61 Å². The predicted octanol–water partition coefficient (Wildman–Crippen LogP) is 3.42. The smallest absolute Gasteiger partial charge is 0.188 e. The lowest BCUT2D eigenvalue weighted by Crippen LogP contribution is -2.33. The third-order valence-corrected chi connectivity index (χ3v) is 3.60. The lowest BCUT2D eigenvalue weighted by molar-refractivity contribution is 0.271. The van der Waals surface area contributed by atoms with E-state index in [0.29, 0.717) is 18.4 Å². The van der Waals surface area contributed by atoms with Crippen LogP contribution in [0.5, 0.6) is 5.75 Å². The number of nitrogens with zero attached hydrogens (tertiary/aromatic N) is 2. The van der Waals surface area contributed by atoms with Gasteiger partial charge in [-0.15, -0.1) is 24.0 Å². The molecule has 0 fully saturated rings. The zero-order chi connectivity index (χ0) is 17.9. The summed E-state index contributed by atoms with van der Waals surface area (Å²) in [6.45, 7) is 6.42. The molecule has 2 aromatic rings. The van der Waals surface area contributed by atoms with Gasteiger partial charge in [0.2, 0.25) is 0 Å². The maximum Gasteiger partial charge on any atom is 0.188 e. The first kappa shape index (κ1) is 22.2. The van der Waals surface area contributed by atoms with Crippen LogP contribution in [0.4, 0.5) is 0 Å². The molecule has 0 bridgehead atoms. The SMILES string of the molecule is CC(C)COc1ccc(CCNC(N)=NCCc2ccccn2)cc1.I. The molecule has 0 aliphatic rings. The van der Waals surface area contributed by atoms with Crippen LogP contribution >= 0.6 is 24.0 Å². The number of aliphatic imine (C=N–C) groups is 1. The van der Waals surface area contributed by atoms with Crippen molar-refractivity contribution in [2.45, 2.75) is 26.7 Å². The predicted molar refractivity (Wildman–Crippen MR) is 118 cm³/mol. The van der Waals surface area contributed by atoms with Crippen molar-refractivity contribution in [3.8, 4) is 5.75 Å². The van der Waals surface area contributed by atoms with Crippen molar-refractivity contribution in [2.75, 3.05) is 19.7 Å². The largest absolute Gasteiger partial charge is 0.493 e. The number of nitrogens with one attached hydrogen (secondary N) is 1. The van der Waals surface area contributed by atoms with E-state index in [4.69, 9.17) is 10.5 Å². The Hall–Kier alpha value is -1.83. The highest BCUT2D eigenvalue weighted by molar-refractivity contribution is 14.0. The van der Waals surface area contributed by atoms with Gasteiger partial charge in [0, 0.05) is 31.4 Å². The molecule has 0 unspecified atom stereocenters. The van der Waals surface area contributed by atoms with E-state index < -0.39 is 0 Å². The van der Waals surface area contributed by atoms with Crippen molar-refractivity contribution in [3.05, 3.63) is 59.9 Å². The number of guanidine groups is 1. The van der Waals surface area contributed by atoms with Crippen LogP contribution in [-0.4, -0.2) is 30.6 Å². The van der Waals surface area contributed by atoms with Crippen LogP contribution < -0.4 is 15.8 Å². The van der Waals surface area contributed by atoms with E-state index in [1.165, 1.54) is 5.56 Å². The quantitative estimate of drug-likeness (QED) is 0.336. The molecule has 2 rings (SSSR count). The summed E-state index contributed by atoms with van der Waals surface area (Å²) >= 11 is 0. The minimum absolute atomic E-state index is 0. The zero-order valence-corrected chi connectivity index (χ0v) is 17.9. The first-order chi connectivity index (χ1) is 12.1. The Kier molecular flexibility index (Phi) is 10.7. The Morgan fingerprint density at radius 2 is 1.92 bits per heavy atom. The van der Waals surface area contributed by atoms with E-state index >= 15 is 0 Å². The Morgan fingerprint density at radius 3 is 2.58 bits per heavy atom. The Labute approximate surface area is 173 Å². The molecule has 0 spiro atoms. The van der Waals surface area contributed by atoms with E-state index in [0.717, 1.165) is 37.4 Å². The number of halogens is 1. The van der Waals surface area contributed by atoms with Crippen LogP contribution in [0, 0.1) is 5.92 Å². The second-order valence-electron chi connectivity index (χ2n) is 6.36. The summed E-state index contributed by atoms with van der Waals surface area (Å²) in [7, 11) is 0. The highest BCUT2D eigenvalue weighted by Gasteiger charge is 1.99. The van der Waals surface area contributed by atoms with Gasteiger partial charge < -0.3 is 15.8 Å². The minimum Gasteiger partial charge on any atom is -0.493 e. The van der Waals surface area contributed by atoms with Crippen LogP contribution in [0.1, 0.15) is 25.1 Å². The van der Waals surface area contributed by atoms with Crippen LogP contribution in [0.25, 0.3) is 0 Å². The summed E-state index contributed by atoms with van der Waals surface area (Å²) in [6.07, 6.45) is 3.47. The van der Waals surface area contributed by atoms with Gasteiger partial charge in [0.15, 0.2) is 5.96 Å². The molecule has 0 saturated carbocycles. The number of pyridine rings is 1. The van der Waals surface area contributed by atoms with E-state index in [2.05, 4.69) is 41.3 Å². The molecule has 6 heteroatoms. The van der Waals surface area contributed by atoms with Gasteiger partial charge in [-0.25, -0.2) is 0 Å². The Bertz CT molecular complexity index is 645. The number of aromatic nitrogens is 1. The monoisotopic (exact) mass is 468 g/mol. The van der Waals surface area contributed by atoms with E-state index in [9.17, 15) is 0 Å². The highest BCUT2D eigenvalue weighted by atomic mass is 127. The molecule has 0 aliphatic heterocycles. The fourth-order valence-corrected chi connectivity index (χ4v) is 2.24. The number of hydrogen-bond acceptors (Lipinski definition) is 3. The minimum atomic E-state index is 0. The lowest BCUT2D eigenvalue weighted by atomic mass is 10.1. The van der Waals surface area contributed by atoms with Crippen molar-refractivity contribution >= 4 is 29.9 Å². The molecule has 0 saturated heterocycles. The van der Waals surface area contributed by atoms with Crippen molar-refractivity contribution in [2.24, 2.45) is 16.6 Å². The maximum absolute atomic E-state index is 5.89. The number of ether oxygens (including phenoxy) is 1. The first-order valence-corrected chi connectivity index (χ1v) is 8.79. The van der Waals surface area contributed by atoms with Gasteiger partial charge in [-0.05, 0) is 42.2 Å². The lowest BCUT2D eigenvalue weighted by Gasteiger charge is -2.09. The molecular weight excluding hydrogens is 439 g/mol. The average molecular weight is 468 g/mol. The van der Waals surface area contributed by atoms with Crippen LogP contribution in [0.3, 0.4) is 0 Å². The molecule has 1 aromatic heterocycles. The molecule has 0 radical (unpaired) electrons.